The van der Waals surface area contributed by atoms with E-state index in [9.17, 15) is 0 Å². The first-order valence-electron chi connectivity index (χ1n) is 12.8. The Kier molecular flexibility index (Phi) is 23.0. The fourth-order valence-electron chi connectivity index (χ4n) is 4.25. The molecule has 1 unspecified atom stereocenters. The molecule has 1 atom stereocenters. The second kappa shape index (κ2) is 23.0. The van der Waals surface area contributed by atoms with Crippen molar-refractivity contribution < 1.29 is 0 Å². The van der Waals surface area contributed by atoms with E-state index in [2.05, 4.69) is 20.8 Å². The van der Waals surface area contributed by atoms with Crippen LogP contribution in [0, 0.1) is 5.92 Å². The quantitative estimate of drug-likeness (QED) is 0.167. The highest BCUT2D eigenvalue weighted by Crippen LogP contribution is 2.24. The Morgan fingerprint density at radius 1 is 0.308 bits per heavy atom. The number of rotatable bonds is 22. The molecule has 0 aromatic carbocycles. The summed E-state index contributed by atoms with van der Waals surface area (Å²) in [6.07, 6.45) is 32.3. The molecule has 0 fully saturated rings. The molecule has 0 aromatic rings. The highest BCUT2D eigenvalue weighted by atomic mass is 14.1. The van der Waals surface area contributed by atoms with Gasteiger partial charge in [-0.1, -0.05) is 162 Å². The zero-order chi connectivity index (χ0) is 19.1. The van der Waals surface area contributed by atoms with E-state index in [1.165, 1.54) is 141 Å². The van der Waals surface area contributed by atoms with E-state index >= 15 is 0 Å². The van der Waals surface area contributed by atoms with Crippen LogP contribution < -0.4 is 0 Å². The van der Waals surface area contributed by atoms with Gasteiger partial charge >= 0.3 is 0 Å². The van der Waals surface area contributed by atoms with Crippen molar-refractivity contribution in [3.05, 3.63) is 0 Å². The first-order valence-corrected chi connectivity index (χ1v) is 12.8. The molecule has 0 radical (unpaired) electrons. The standard InChI is InChI=1S/C26H54/c1-4-7-10-12-13-14-15-16-17-18-19-22-25-26(23-20-9-6-3)24-21-11-8-5-2/h26H,4-25H2,1-3H3. The minimum atomic E-state index is 1.04. The monoisotopic (exact) mass is 366 g/mol. The summed E-state index contributed by atoms with van der Waals surface area (Å²) in [6, 6.07) is 0. The number of hydrogen-bond donors (Lipinski definition) is 0. The normalized spacial score (nSPS) is 12.6. The van der Waals surface area contributed by atoms with Gasteiger partial charge in [0.15, 0.2) is 0 Å². The smallest absolute Gasteiger partial charge is 0.0414 e. The van der Waals surface area contributed by atoms with Crippen molar-refractivity contribution in [1.82, 2.24) is 0 Å². The van der Waals surface area contributed by atoms with Crippen LogP contribution in [0.4, 0.5) is 0 Å². The average Bonchev–Trinajstić information content (AvgIpc) is 2.65. The molecule has 0 nitrogen and oxygen atoms in total. The molecule has 0 bridgehead atoms. The predicted octanol–water partition coefficient (Wildman–Crippen LogP) is 10.2. The maximum atomic E-state index is 2.33. The van der Waals surface area contributed by atoms with Crippen molar-refractivity contribution in [1.29, 1.82) is 0 Å². The Hall–Kier alpha value is 0. The van der Waals surface area contributed by atoms with Crippen LogP contribution in [-0.2, 0) is 0 Å². The van der Waals surface area contributed by atoms with Crippen LogP contribution in [-0.4, -0.2) is 0 Å². The molecule has 0 N–H and O–H groups in total. The highest BCUT2D eigenvalue weighted by molar-refractivity contribution is 4.61. The summed E-state index contributed by atoms with van der Waals surface area (Å²) >= 11 is 0. The van der Waals surface area contributed by atoms with Gasteiger partial charge in [-0.25, -0.2) is 0 Å². The predicted molar refractivity (Wildman–Crippen MR) is 122 cm³/mol. The lowest BCUT2D eigenvalue weighted by atomic mass is 9.90. The molecule has 26 heavy (non-hydrogen) atoms. The maximum absolute atomic E-state index is 2.33. The SMILES string of the molecule is CCCCCCCCCCCCCCC(CCCCC)CCCCCC. The summed E-state index contributed by atoms with van der Waals surface area (Å²) in [5.41, 5.74) is 0. The average molecular weight is 367 g/mol. The Labute approximate surface area is 168 Å². The molecule has 0 heteroatoms. The van der Waals surface area contributed by atoms with Gasteiger partial charge in [-0.3, -0.25) is 0 Å². The molecule has 0 aliphatic heterocycles. The molecule has 0 heterocycles. The second-order valence-electron chi connectivity index (χ2n) is 8.89. The lowest BCUT2D eigenvalue weighted by molar-refractivity contribution is 0.368. The lowest BCUT2D eigenvalue weighted by Crippen LogP contribution is -2.01. The molecule has 0 rings (SSSR count). The van der Waals surface area contributed by atoms with Gasteiger partial charge in [0.2, 0.25) is 0 Å². The highest BCUT2D eigenvalue weighted by Gasteiger charge is 2.08. The van der Waals surface area contributed by atoms with Crippen LogP contribution in [0.2, 0.25) is 0 Å². The van der Waals surface area contributed by atoms with Gasteiger partial charge in [0.1, 0.15) is 0 Å². The summed E-state index contributed by atoms with van der Waals surface area (Å²) in [5, 5.41) is 0. The molecule has 0 spiro atoms. The molecule has 0 aliphatic carbocycles. The van der Waals surface area contributed by atoms with Gasteiger partial charge in [-0.05, 0) is 5.92 Å². The van der Waals surface area contributed by atoms with E-state index < -0.39 is 0 Å². The summed E-state index contributed by atoms with van der Waals surface area (Å²) in [4.78, 5) is 0. The van der Waals surface area contributed by atoms with Gasteiger partial charge in [0, 0.05) is 0 Å². The molecule has 0 amide bonds. The summed E-state index contributed by atoms with van der Waals surface area (Å²) < 4.78 is 0. The zero-order valence-electron chi connectivity index (χ0n) is 19.1. The fourth-order valence-corrected chi connectivity index (χ4v) is 4.25. The molecule has 0 aliphatic rings. The molecule has 0 aromatic heterocycles. The van der Waals surface area contributed by atoms with Gasteiger partial charge < -0.3 is 0 Å². The molecule has 0 saturated carbocycles. The van der Waals surface area contributed by atoms with Gasteiger partial charge in [-0.2, -0.15) is 0 Å². The van der Waals surface area contributed by atoms with Crippen molar-refractivity contribution in [2.75, 3.05) is 0 Å². The first kappa shape index (κ1) is 26.0. The third kappa shape index (κ3) is 20.3. The minimum absolute atomic E-state index is 1.04. The van der Waals surface area contributed by atoms with Crippen molar-refractivity contribution in [3.8, 4) is 0 Å². The van der Waals surface area contributed by atoms with Gasteiger partial charge in [-0.15, -0.1) is 0 Å². The maximum Gasteiger partial charge on any atom is -0.0414 e. The Balaban J connectivity index is 3.49. The van der Waals surface area contributed by atoms with E-state index in [1.54, 1.807) is 0 Å². The van der Waals surface area contributed by atoms with E-state index in [-0.39, 0.29) is 0 Å². The van der Waals surface area contributed by atoms with E-state index in [4.69, 9.17) is 0 Å². The summed E-state index contributed by atoms with van der Waals surface area (Å²) in [7, 11) is 0. The van der Waals surface area contributed by atoms with Crippen molar-refractivity contribution in [3.63, 3.8) is 0 Å². The van der Waals surface area contributed by atoms with Crippen LogP contribution in [0.25, 0.3) is 0 Å². The third-order valence-corrected chi connectivity index (χ3v) is 6.15. The molecule has 0 saturated heterocycles. The van der Waals surface area contributed by atoms with Crippen molar-refractivity contribution in [2.24, 2.45) is 5.92 Å². The topological polar surface area (TPSA) is 0 Å². The summed E-state index contributed by atoms with van der Waals surface area (Å²) in [6.45, 7) is 6.96. The van der Waals surface area contributed by atoms with E-state index in [0.29, 0.717) is 0 Å². The number of unbranched alkanes of at least 4 members (excludes halogenated alkanes) is 16. The number of hydrogen-bond acceptors (Lipinski definition) is 0. The molecular formula is C26H54. The van der Waals surface area contributed by atoms with Crippen molar-refractivity contribution >= 4 is 0 Å². The lowest BCUT2D eigenvalue weighted by Gasteiger charge is -2.16. The van der Waals surface area contributed by atoms with Crippen LogP contribution in [0.1, 0.15) is 162 Å². The second-order valence-corrected chi connectivity index (χ2v) is 8.89. The fraction of sp³-hybridized carbons (Fsp3) is 1.00. The van der Waals surface area contributed by atoms with Crippen molar-refractivity contribution in [2.45, 2.75) is 162 Å². The Morgan fingerprint density at radius 3 is 0.923 bits per heavy atom. The van der Waals surface area contributed by atoms with Crippen LogP contribution in [0.3, 0.4) is 0 Å². The van der Waals surface area contributed by atoms with Crippen LogP contribution >= 0.6 is 0 Å². The Morgan fingerprint density at radius 2 is 0.538 bits per heavy atom. The van der Waals surface area contributed by atoms with Crippen LogP contribution in [0.5, 0.6) is 0 Å². The zero-order valence-corrected chi connectivity index (χ0v) is 19.1. The third-order valence-electron chi connectivity index (χ3n) is 6.15. The summed E-state index contributed by atoms with van der Waals surface area (Å²) in [5.74, 6) is 1.04. The van der Waals surface area contributed by atoms with Crippen LogP contribution in [0.15, 0.2) is 0 Å². The van der Waals surface area contributed by atoms with Gasteiger partial charge in [0.25, 0.3) is 0 Å². The molecule has 158 valence electrons. The first-order chi connectivity index (χ1) is 12.8. The van der Waals surface area contributed by atoms with E-state index in [0.717, 1.165) is 5.92 Å². The van der Waals surface area contributed by atoms with E-state index in [1.807, 2.05) is 0 Å². The minimum Gasteiger partial charge on any atom is -0.0654 e. The molecular weight excluding hydrogens is 312 g/mol. The van der Waals surface area contributed by atoms with Gasteiger partial charge in [0.05, 0.1) is 0 Å². The Bertz CT molecular complexity index is 232. The largest absolute Gasteiger partial charge is 0.0654 e.